The predicted octanol–water partition coefficient (Wildman–Crippen LogP) is 2.22. The number of amides is 2. The van der Waals surface area contributed by atoms with Crippen LogP contribution < -0.4 is 10.2 Å². The largest absolute Gasteiger partial charge is 0.354 e. The molecule has 2 aliphatic carbocycles. The molecule has 1 saturated heterocycles. The summed E-state index contributed by atoms with van der Waals surface area (Å²) >= 11 is 1.74. The molecule has 1 aromatic rings. The molecule has 2 amide bonds. The molecule has 1 saturated carbocycles. The summed E-state index contributed by atoms with van der Waals surface area (Å²) < 4.78 is 0. The summed E-state index contributed by atoms with van der Waals surface area (Å²) in [7, 11) is 0. The van der Waals surface area contributed by atoms with Gasteiger partial charge < -0.3 is 15.1 Å². The molecule has 1 aromatic heterocycles. The van der Waals surface area contributed by atoms with E-state index >= 15 is 0 Å². The summed E-state index contributed by atoms with van der Waals surface area (Å²) in [5.41, 5.74) is 1.18. The van der Waals surface area contributed by atoms with Crippen LogP contribution in [-0.4, -0.2) is 53.9 Å². The smallest absolute Gasteiger partial charge is 0.225 e. The molecule has 6 nitrogen and oxygen atoms in total. The van der Waals surface area contributed by atoms with Gasteiger partial charge in [-0.1, -0.05) is 6.42 Å². The highest BCUT2D eigenvalue weighted by molar-refractivity contribution is 7.15. The number of fused-ring (bicyclic) bond motifs is 1. The lowest BCUT2D eigenvalue weighted by Gasteiger charge is -2.38. The van der Waals surface area contributed by atoms with Gasteiger partial charge in [-0.05, 0) is 46.0 Å². The van der Waals surface area contributed by atoms with Crippen molar-refractivity contribution in [3.63, 3.8) is 0 Å². The molecular weight excluding hydrogens is 360 g/mol. The Balaban J connectivity index is 1.35. The molecule has 1 N–H and O–H groups in total. The lowest BCUT2D eigenvalue weighted by molar-refractivity contribution is -0.138. The summed E-state index contributed by atoms with van der Waals surface area (Å²) in [6.07, 6.45) is 5.94. The van der Waals surface area contributed by atoms with Gasteiger partial charge in [-0.25, -0.2) is 4.98 Å². The maximum Gasteiger partial charge on any atom is 0.225 e. The number of nitrogens with zero attached hydrogens (tertiary/aromatic N) is 3. The van der Waals surface area contributed by atoms with Gasteiger partial charge in [0.05, 0.1) is 5.69 Å². The highest BCUT2D eigenvalue weighted by atomic mass is 32.1. The van der Waals surface area contributed by atoms with E-state index in [1.54, 1.807) is 11.3 Å². The Morgan fingerprint density at radius 3 is 2.48 bits per heavy atom. The number of thiazole rings is 1. The Labute approximate surface area is 165 Å². The Morgan fingerprint density at radius 1 is 1.11 bits per heavy atom. The predicted molar refractivity (Wildman–Crippen MR) is 107 cm³/mol. The molecule has 1 atom stereocenters. The zero-order valence-corrected chi connectivity index (χ0v) is 17.2. The molecule has 3 aliphatic rings. The number of nitrogens with one attached hydrogen (secondary N) is 1. The van der Waals surface area contributed by atoms with Gasteiger partial charge in [0, 0.05) is 48.9 Å². The highest BCUT2D eigenvalue weighted by Gasteiger charge is 2.33. The van der Waals surface area contributed by atoms with E-state index in [1.807, 2.05) is 18.7 Å². The van der Waals surface area contributed by atoms with Crippen molar-refractivity contribution in [2.45, 2.75) is 58.4 Å². The van der Waals surface area contributed by atoms with Gasteiger partial charge in [0.15, 0.2) is 5.13 Å². The molecule has 27 heavy (non-hydrogen) atoms. The van der Waals surface area contributed by atoms with E-state index in [-0.39, 0.29) is 23.8 Å². The van der Waals surface area contributed by atoms with Crippen molar-refractivity contribution < 1.29 is 9.59 Å². The average molecular weight is 391 g/mol. The third kappa shape index (κ3) is 3.98. The third-order valence-corrected chi connectivity index (χ3v) is 7.23. The second-order valence-electron chi connectivity index (χ2n) is 8.41. The standard InChI is InChI=1S/C20H30N4O2S/c1-13(2)21-18(25)15-6-7-16-17(12-15)27-20(22-16)24-10-8-23(9-11-24)19(26)14-4-3-5-14/h13-15H,3-12H2,1-2H3,(H,21,25)/t15-/m1/s1. The zero-order valence-electron chi connectivity index (χ0n) is 16.4. The fourth-order valence-electron chi connectivity index (χ4n) is 4.15. The van der Waals surface area contributed by atoms with E-state index in [9.17, 15) is 9.59 Å². The van der Waals surface area contributed by atoms with Crippen LogP contribution in [0.1, 0.15) is 50.1 Å². The fraction of sp³-hybridized carbons (Fsp3) is 0.750. The topological polar surface area (TPSA) is 65.5 Å². The van der Waals surface area contributed by atoms with E-state index in [4.69, 9.17) is 4.98 Å². The number of carbonyl (C=O) groups excluding carboxylic acids is 2. The highest BCUT2D eigenvalue weighted by Crippen LogP contribution is 2.35. The van der Waals surface area contributed by atoms with E-state index in [0.29, 0.717) is 5.91 Å². The van der Waals surface area contributed by atoms with Gasteiger partial charge >= 0.3 is 0 Å². The first-order valence-corrected chi connectivity index (χ1v) is 11.2. The van der Waals surface area contributed by atoms with Crippen molar-refractivity contribution in [3.05, 3.63) is 10.6 Å². The van der Waals surface area contributed by atoms with Crippen LogP contribution in [0.3, 0.4) is 0 Å². The van der Waals surface area contributed by atoms with Crippen molar-refractivity contribution in [2.75, 3.05) is 31.1 Å². The van der Waals surface area contributed by atoms with Crippen molar-refractivity contribution >= 4 is 28.3 Å². The Morgan fingerprint density at radius 2 is 1.85 bits per heavy atom. The lowest BCUT2D eigenvalue weighted by Crippen LogP contribution is -2.51. The van der Waals surface area contributed by atoms with Gasteiger partial charge in [0.1, 0.15) is 0 Å². The van der Waals surface area contributed by atoms with Gasteiger partial charge in [0.2, 0.25) is 11.8 Å². The number of piperazine rings is 1. The van der Waals surface area contributed by atoms with E-state index in [2.05, 4.69) is 10.2 Å². The van der Waals surface area contributed by atoms with Gasteiger partial charge in [-0.3, -0.25) is 9.59 Å². The van der Waals surface area contributed by atoms with Crippen molar-refractivity contribution in [1.82, 2.24) is 15.2 Å². The molecule has 0 radical (unpaired) electrons. The quantitative estimate of drug-likeness (QED) is 0.856. The summed E-state index contributed by atoms with van der Waals surface area (Å²) in [5.74, 6) is 0.898. The molecule has 4 rings (SSSR count). The maximum atomic E-state index is 12.4. The molecule has 148 valence electrons. The fourth-order valence-corrected chi connectivity index (χ4v) is 5.39. The third-order valence-electron chi connectivity index (χ3n) is 6.05. The first kappa shape index (κ1) is 18.7. The van der Waals surface area contributed by atoms with Crippen LogP contribution in [0.2, 0.25) is 0 Å². The zero-order chi connectivity index (χ0) is 19.0. The van der Waals surface area contributed by atoms with Crippen LogP contribution >= 0.6 is 11.3 Å². The number of anilines is 1. The Bertz CT molecular complexity index is 705. The second-order valence-corrected chi connectivity index (χ2v) is 9.47. The molecule has 0 spiro atoms. The number of hydrogen-bond donors (Lipinski definition) is 1. The molecule has 7 heteroatoms. The van der Waals surface area contributed by atoms with Crippen LogP contribution in [0, 0.1) is 11.8 Å². The molecule has 0 aromatic carbocycles. The first-order valence-electron chi connectivity index (χ1n) is 10.3. The summed E-state index contributed by atoms with van der Waals surface area (Å²) in [5, 5.41) is 4.11. The minimum absolute atomic E-state index is 0.0742. The normalized spacial score (nSPS) is 23.1. The number of aryl methyl sites for hydroxylation is 1. The summed E-state index contributed by atoms with van der Waals surface area (Å²) in [6.45, 7) is 7.35. The SMILES string of the molecule is CC(C)NC(=O)[C@@H]1CCc2nc(N3CCN(C(=O)C4CCC4)CC3)sc2C1. The number of rotatable bonds is 4. The van der Waals surface area contributed by atoms with Gasteiger partial charge in [-0.15, -0.1) is 11.3 Å². The van der Waals surface area contributed by atoms with Crippen LogP contribution in [0.25, 0.3) is 0 Å². The van der Waals surface area contributed by atoms with Crippen LogP contribution in [0.4, 0.5) is 5.13 Å². The summed E-state index contributed by atoms with van der Waals surface area (Å²) in [6, 6.07) is 0.190. The number of carbonyl (C=O) groups is 2. The van der Waals surface area contributed by atoms with Crippen LogP contribution in [-0.2, 0) is 22.4 Å². The van der Waals surface area contributed by atoms with Crippen LogP contribution in [0.15, 0.2) is 0 Å². The summed E-state index contributed by atoms with van der Waals surface area (Å²) in [4.78, 5) is 35.3. The average Bonchev–Trinajstić information content (AvgIpc) is 3.03. The lowest BCUT2D eigenvalue weighted by atomic mass is 9.84. The van der Waals surface area contributed by atoms with E-state index in [1.165, 1.54) is 17.0 Å². The monoisotopic (exact) mass is 390 g/mol. The van der Waals surface area contributed by atoms with E-state index < -0.39 is 0 Å². The molecule has 2 fully saturated rings. The van der Waals surface area contributed by atoms with Gasteiger partial charge in [-0.2, -0.15) is 0 Å². The van der Waals surface area contributed by atoms with Crippen molar-refractivity contribution in [2.24, 2.45) is 11.8 Å². The molecule has 2 heterocycles. The molecule has 0 bridgehead atoms. The number of hydrogen-bond acceptors (Lipinski definition) is 5. The number of aromatic nitrogens is 1. The second kappa shape index (κ2) is 7.78. The molecule has 0 unspecified atom stereocenters. The molecular formula is C20H30N4O2S. The Kier molecular flexibility index (Phi) is 5.39. The minimum Gasteiger partial charge on any atom is -0.354 e. The molecule has 1 aliphatic heterocycles. The van der Waals surface area contributed by atoms with Crippen LogP contribution in [0.5, 0.6) is 0 Å². The minimum atomic E-state index is 0.0742. The first-order chi connectivity index (χ1) is 13.0. The van der Waals surface area contributed by atoms with E-state index in [0.717, 1.165) is 63.4 Å². The van der Waals surface area contributed by atoms with Gasteiger partial charge in [0.25, 0.3) is 0 Å². The van der Waals surface area contributed by atoms with Crippen molar-refractivity contribution in [1.29, 1.82) is 0 Å². The Hall–Kier alpha value is -1.63. The van der Waals surface area contributed by atoms with Crippen molar-refractivity contribution in [3.8, 4) is 0 Å². The maximum absolute atomic E-state index is 12.4.